The summed E-state index contributed by atoms with van der Waals surface area (Å²) in [5, 5.41) is 3.22. The predicted octanol–water partition coefficient (Wildman–Crippen LogP) is 1.65. The Bertz CT molecular complexity index is 685. The molecule has 1 atom stereocenters. The average molecular weight is 355 g/mol. The van der Waals surface area contributed by atoms with Gasteiger partial charge in [-0.1, -0.05) is 18.2 Å². The molecule has 26 heavy (non-hydrogen) atoms. The number of hydrogen-bond donors (Lipinski definition) is 1. The summed E-state index contributed by atoms with van der Waals surface area (Å²) in [6, 6.07) is 13.7. The second-order valence-corrected chi connectivity index (χ2v) is 6.24. The van der Waals surface area contributed by atoms with Crippen molar-refractivity contribution in [1.82, 2.24) is 15.2 Å². The highest BCUT2D eigenvalue weighted by atomic mass is 16.5. The minimum atomic E-state index is -0.427. The van der Waals surface area contributed by atoms with E-state index in [0.29, 0.717) is 26.2 Å². The molecule has 6 heteroatoms. The van der Waals surface area contributed by atoms with Crippen LogP contribution in [-0.2, 0) is 22.5 Å². The molecular formula is C20H25N3O3. The standard InChI is InChI=1S/C20H25N3O3/c1-25-18-7-5-16(6-8-18)9-12-23(15-17-4-2-3-10-22-17)20(24)19-14-21-11-13-26-19/h2-8,10,19,21H,9,11-15H2,1H3. The lowest BCUT2D eigenvalue weighted by atomic mass is 10.1. The van der Waals surface area contributed by atoms with Gasteiger partial charge >= 0.3 is 0 Å². The second-order valence-electron chi connectivity index (χ2n) is 6.24. The van der Waals surface area contributed by atoms with Gasteiger partial charge in [0.2, 0.25) is 0 Å². The Labute approximate surface area is 154 Å². The first kappa shape index (κ1) is 18.4. The molecule has 2 heterocycles. The number of ether oxygens (including phenoxy) is 2. The van der Waals surface area contributed by atoms with Crippen LogP contribution in [-0.4, -0.2) is 55.2 Å². The summed E-state index contributed by atoms with van der Waals surface area (Å²) in [6.07, 6.45) is 2.09. The van der Waals surface area contributed by atoms with Crippen LogP contribution in [0.3, 0.4) is 0 Å². The van der Waals surface area contributed by atoms with Crippen molar-refractivity contribution < 1.29 is 14.3 Å². The molecule has 1 aliphatic rings. The third-order valence-electron chi connectivity index (χ3n) is 4.42. The number of pyridine rings is 1. The van der Waals surface area contributed by atoms with Gasteiger partial charge in [0.05, 0.1) is 26.0 Å². The Morgan fingerprint density at radius 3 is 2.81 bits per heavy atom. The number of amides is 1. The molecule has 1 aromatic heterocycles. The molecule has 1 unspecified atom stereocenters. The van der Waals surface area contributed by atoms with Crippen molar-refractivity contribution in [1.29, 1.82) is 0 Å². The van der Waals surface area contributed by atoms with Gasteiger partial charge in [0, 0.05) is 25.8 Å². The van der Waals surface area contributed by atoms with Crippen molar-refractivity contribution in [3.8, 4) is 5.75 Å². The maximum Gasteiger partial charge on any atom is 0.253 e. The number of nitrogens with zero attached hydrogens (tertiary/aromatic N) is 2. The van der Waals surface area contributed by atoms with E-state index in [1.54, 1.807) is 13.3 Å². The summed E-state index contributed by atoms with van der Waals surface area (Å²) >= 11 is 0. The molecule has 1 aromatic carbocycles. The molecule has 2 aromatic rings. The van der Waals surface area contributed by atoms with Crippen molar-refractivity contribution in [3.05, 3.63) is 59.9 Å². The summed E-state index contributed by atoms with van der Waals surface area (Å²) in [6.45, 7) is 3.00. The molecule has 1 aliphatic heterocycles. The van der Waals surface area contributed by atoms with E-state index in [9.17, 15) is 4.79 Å². The van der Waals surface area contributed by atoms with Crippen molar-refractivity contribution >= 4 is 5.91 Å². The van der Waals surface area contributed by atoms with E-state index < -0.39 is 6.10 Å². The fourth-order valence-corrected chi connectivity index (χ4v) is 2.94. The van der Waals surface area contributed by atoms with Crippen molar-refractivity contribution in [3.63, 3.8) is 0 Å². The molecule has 0 aliphatic carbocycles. The van der Waals surface area contributed by atoms with Gasteiger partial charge in [-0.2, -0.15) is 0 Å². The van der Waals surface area contributed by atoms with Crippen LogP contribution in [0.4, 0.5) is 0 Å². The molecular weight excluding hydrogens is 330 g/mol. The van der Waals surface area contributed by atoms with E-state index in [1.807, 2.05) is 47.4 Å². The van der Waals surface area contributed by atoms with Crippen LogP contribution < -0.4 is 10.1 Å². The van der Waals surface area contributed by atoms with E-state index in [1.165, 1.54) is 0 Å². The number of nitrogens with one attached hydrogen (secondary N) is 1. The van der Waals surface area contributed by atoms with E-state index >= 15 is 0 Å². The summed E-state index contributed by atoms with van der Waals surface area (Å²) in [5.41, 5.74) is 2.03. The third-order valence-corrected chi connectivity index (χ3v) is 4.42. The fraction of sp³-hybridized carbons (Fsp3) is 0.400. The van der Waals surface area contributed by atoms with Gasteiger partial charge in [0.25, 0.3) is 5.91 Å². The first-order chi connectivity index (χ1) is 12.8. The first-order valence-electron chi connectivity index (χ1n) is 8.90. The molecule has 1 saturated heterocycles. The van der Waals surface area contributed by atoms with Gasteiger partial charge in [-0.3, -0.25) is 9.78 Å². The fourth-order valence-electron chi connectivity index (χ4n) is 2.94. The quantitative estimate of drug-likeness (QED) is 0.818. The van der Waals surface area contributed by atoms with Crippen molar-refractivity contribution in [2.75, 3.05) is 33.4 Å². The minimum Gasteiger partial charge on any atom is -0.497 e. The van der Waals surface area contributed by atoms with Gasteiger partial charge in [-0.25, -0.2) is 0 Å². The number of carbonyl (C=O) groups is 1. The first-order valence-corrected chi connectivity index (χ1v) is 8.90. The molecule has 0 saturated carbocycles. The monoisotopic (exact) mass is 355 g/mol. The summed E-state index contributed by atoms with van der Waals surface area (Å²) in [5.74, 6) is 0.841. The van der Waals surface area contributed by atoms with E-state index in [2.05, 4.69) is 10.3 Å². The summed E-state index contributed by atoms with van der Waals surface area (Å²) < 4.78 is 10.8. The Morgan fingerprint density at radius 2 is 2.15 bits per heavy atom. The zero-order valence-electron chi connectivity index (χ0n) is 15.1. The lowest BCUT2D eigenvalue weighted by Gasteiger charge is -2.29. The molecule has 0 bridgehead atoms. The van der Waals surface area contributed by atoms with E-state index in [0.717, 1.165) is 30.0 Å². The molecule has 3 rings (SSSR count). The smallest absolute Gasteiger partial charge is 0.253 e. The molecule has 1 amide bonds. The number of methoxy groups -OCH3 is 1. The number of rotatable bonds is 7. The second kappa shape index (κ2) is 9.31. The molecule has 0 spiro atoms. The van der Waals surface area contributed by atoms with Crippen LogP contribution in [0.15, 0.2) is 48.7 Å². The molecule has 1 fully saturated rings. The number of morpholine rings is 1. The van der Waals surface area contributed by atoms with Crippen LogP contribution >= 0.6 is 0 Å². The Kier molecular flexibility index (Phi) is 6.57. The number of aromatic nitrogens is 1. The highest BCUT2D eigenvalue weighted by Crippen LogP contribution is 2.14. The highest BCUT2D eigenvalue weighted by Gasteiger charge is 2.27. The van der Waals surface area contributed by atoms with Gasteiger partial charge < -0.3 is 19.7 Å². The average Bonchev–Trinajstić information content (AvgIpc) is 2.72. The highest BCUT2D eigenvalue weighted by molar-refractivity contribution is 5.81. The molecule has 138 valence electrons. The lowest BCUT2D eigenvalue weighted by molar-refractivity contribution is -0.145. The number of hydrogen-bond acceptors (Lipinski definition) is 5. The SMILES string of the molecule is COc1ccc(CCN(Cc2ccccn2)C(=O)C2CNCCO2)cc1. The summed E-state index contributed by atoms with van der Waals surface area (Å²) in [7, 11) is 1.65. The molecule has 0 radical (unpaired) electrons. The zero-order valence-corrected chi connectivity index (χ0v) is 15.1. The van der Waals surface area contributed by atoms with Gasteiger partial charge in [-0.15, -0.1) is 0 Å². The van der Waals surface area contributed by atoms with Crippen LogP contribution in [0.5, 0.6) is 5.75 Å². The zero-order chi connectivity index (χ0) is 18.2. The van der Waals surface area contributed by atoms with Crippen LogP contribution in [0, 0.1) is 0 Å². The molecule has 1 N–H and O–H groups in total. The van der Waals surface area contributed by atoms with E-state index in [4.69, 9.17) is 9.47 Å². The van der Waals surface area contributed by atoms with Gasteiger partial charge in [0.1, 0.15) is 11.9 Å². The minimum absolute atomic E-state index is 0.0105. The Morgan fingerprint density at radius 1 is 1.31 bits per heavy atom. The normalized spacial score (nSPS) is 16.9. The Balaban J connectivity index is 1.67. The van der Waals surface area contributed by atoms with Gasteiger partial charge in [0.15, 0.2) is 0 Å². The van der Waals surface area contributed by atoms with Crippen LogP contribution in [0.1, 0.15) is 11.3 Å². The largest absolute Gasteiger partial charge is 0.497 e. The number of benzene rings is 1. The van der Waals surface area contributed by atoms with Crippen LogP contribution in [0.2, 0.25) is 0 Å². The van der Waals surface area contributed by atoms with Gasteiger partial charge in [-0.05, 0) is 36.2 Å². The third kappa shape index (κ3) is 5.03. The topological polar surface area (TPSA) is 63.7 Å². The van der Waals surface area contributed by atoms with E-state index in [-0.39, 0.29) is 5.91 Å². The van der Waals surface area contributed by atoms with Crippen molar-refractivity contribution in [2.45, 2.75) is 19.1 Å². The molecule has 6 nitrogen and oxygen atoms in total. The number of carbonyl (C=O) groups excluding carboxylic acids is 1. The Hall–Kier alpha value is -2.44. The lowest BCUT2D eigenvalue weighted by Crippen LogP contribution is -2.49. The van der Waals surface area contributed by atoms with Crippen LogP contribution in [0.25, 0.3) is 0 Å². The maximum atomic E-state index is 12.9. The maximum absolute atomic E-state index is 12.9. The summed E-state index contributed by atoms with van der Waals surface area (Å²) in [4.78, 5) is 19.1. The predicted molar refractivity (Wildman–Crippen MR) is 99.0 cm³/mol. The van der Waals surface area contributed by atoms with Crippen molar-refractivity contribution in [2.24, 2.45) is 0 Å².